The molecule has 4 aromatic rings. The van der Waals surface area contributed by atoms with Crippen molar-refractivity contribution in [3.05, 3.63) is 81.6 Å². The number of rotatable bonds is 7. The Bertz CT molecular complexity index is 1480. The molecule has 1 N–H and O–H groups in total. The fourth-order valence-electron chi connectivity index (χ4n) is 3.41. The van der Waals surface area contributed by atoms with Crippen molar-refractivity contribution in [1.29, 1.82) is 0 Å². The summed E-state index contributed by atoms with van der Waals surface area (Å²) in [6, 6.07) is 17.6. The third kappa shape index (κ3) is 5.12. The molecule has 2 aromatic heterocycles. The number of fused-ring (bicyclic) bond motifs is 1. The highest BCUT2D eigenvalue weighted by atomic mass is 32.1. The minimum absolute atomic E-state index is 0.0791. The number of ether oxygens (including phenoxy) is 2. The fourth-order valence-corrected chi connectivity index (χ4v) is 4.43. The summed E-state index contributed by atoms with van der Waals surface area (Å²) < 4.78 is 11.3. The zero-order valence-corrected chi connectivity index (χ0v) is 19.8. The molecule has 0 unspecified atom stereocenters. The SMILES string of the molecule is CCOC(=O)c1sc(-c2ccccc2)cc1NC(=O)COC(=O)c1nn(C)c(=O)c2ccccc12. The first-order valence-electron chi connectivity index (χ1n) is 10.7. The van der Waals surface area contributed by atoms with Gasteiger partial charge >= 0.3 is 11.9 Å². The van der Waals surface area contributed by atoms with Gasteiger partial charge in [0.15, 0.2) is 12.3 Å². The van der Waals surface area contributed by atoms with Crippen LogP contribution in [-0.2, 0) is 21.3 Å². The summed E-state index contributed by atoms with van der Waals surface area (Å²) in [6.45, 7) is 1.26. The van der Waals surface area contributed by atoms with Crippen LogP contribution in [0.25, 0.3) is 21.2 Å². The average molecular weight is 492 g/mol. The normalized spacial score (nSPS) is 10.7. The van der Waals surface area contributed by atoms with Crippen LogP contribution in [0.2, 0.25) is 0 Å². The number of carbonyl (C=O) groups excluding carboxylic acids is 3. The molecule has 9 nitrogen and oxygen atoms in total. The Morgan fingerprint density at radius 1 is 0.971 bits per heavy atom. The van der Waals surface area contributed by atoms with E-state index < -0.39 is 24.5 Å². The molecule has 178 valence electrons. The highest BCUT2D eigenvalue weighted by Crippen LogP contribution is 2.35. The van der Waals surface area contributed by atoms with Gasteiger partial charge in [-0.1, -0.05) is 48.5 Å². The first kappa shape index (κ1) is 23.8. The number of hydrogen-bond acceptors (Lipinski definition) is 8. The van der Waals surface area contributed by atoms with Gasteiger partial charge in [-0.05, 0) is 24.6 Å². The van der Waals surface area contributed by atoms with Gasteiger partial charge in [0.05, 0.1) is 17.7 Å². The van der Waals surface area contributed by atoms with Crippen molar-refractivity contribution in [3.63, 3.8) is 0 Å². The lowest BCUT2D eigenvalue weighted by molar-refractivity contribution is -0.119. The fraction of sp³-hybridized carbons (Fsp3) is 0.160. The standard InChI is InChI=1S/C25H21N3O6S/c1-3-33-25(32)22-18(13-19(35-22)15-9-5-4-6-10-15)26-20(29)14-34-24(31)21-16-11-7-8-12-17(16)23(30)28(2)27-21/h4-13H,3,14H2,1-2H3,(H,26,29). The van der Waals surface area contributed by atoms with Crippen LogP contribution in [0.15, 0.2) is 65.5 Å². The van der Waals surface area contributed by atoms with Gasteiger partial charge in [-0.25, -0.2) is 14.3 Å². The van der Waals surface area contributed by atoms with E-state index in [-0.39, 0.29) is 28.4 Å². The number of nitrogens with zero attached hydrogens (tertiary/aromatic N) is 2. The van der Waals surface area contributed by atoms with Crippen LogP contribution in [0.3, 0.4) is 0 Å². The third-order valence-electron chi connectivity index (χ3n) is 5.01. The molecular formula is C25H21N3O6S. The second kappa shape index (κ2) is 10.3. The monoisotopic (exact) mass is 491 g/mol. The number of hydrogen-bond donors (Lipinski definition) is 1. The molecule has 0 atom stereocenters. The Kier molecular flexibility index (Phi) is 7.02. The van der Waals surface area contributed by atoms with E-state index in [9.17, 15) is 19.2 Å². The zero-order valence-electron chi connectivity index (χ0n) is 18.9. The van der Waals surface area contributed by atoms with E-state index in [1.807, 2.05) is 30.3 Å². The van der Waals surface area contributed by atoms with Crippen molar-refractivity contribution in [2.75, 3.05) is 18.5 Å². The van der Waals surface area contributed by atoms with E-state index in [0.717, 1.165) is 15.1 Å². The lowest BCUT2D eigenvalue weighted by Gasteiger charge is -2.09. The first-order valence-corrected chi connectivity index (χ1v) is 11.5. The minimum Gasteiger partial charge on any atom is -0.462 e. The molecule has 0 radical (unpaired) electrons. The maximum Gasteiger partial charge on any atom is 0.359 e. The average Bonchev–Trinajstić information content (AvgIpc) is 3.29. The van der Waals surface area contributed by atoms with Crippen LogP contribution in [0.5, 0.6) is 0 Å². The van der Waals surface area contributed by atoms with Crippen LogP contribution < -0.4 is 10.9 Å². The van der Waals surface area contributed by atoms with Gasteiger partial charge in [-0.15, -0.1) is 11.3 Å². The Balaban J connectivity index is 1.52. The molecule has 10 heteroatoms. The van der Waals surface area contributed by atoms with Crippen molar-refractivity contribution < 1.29 is 23.9 Å². The Hall–Kier alpha value is -4.31. The van der Waals surface area contributed by atoms with Gasteiger partial charge in [0.25, 0.3) is 11.5 Å². The van der Waals surface area contributed by atoms with E-state index in [2.05, 4.69) is 10.4 Å². The molecule has 0 aliphatic heterocycles. The predicted octanol–water partition coefficient (Wildman–Crippen LogP) is 3.63. The molecule has 0 aliphatic carbocycles. The Morgan fingerprint density at radius 3 is 2.37 bits per heavy atom. The van der Waals surface area contributed by atoms with Gasteiger partial charge < -0.3 is 14.8 Å². The van der Waals surface area contributed by atoms with Gasteiger partial charge in [-0.2, -0.15) is 5.10 Å². The van der Waals surface area contributed by atoms with Crippen molar-refractivity contribution in [2.45, 2.75) is 6.92 Å². The van der Waals surface area contributed by atoms with Crippen molar-refractivity contribution >= 4 is 45.6 Å². The summed E-state index contributed by atoms with van der Waals surface area (Å²) >= 11 is 1.19. The molecule has 0 spiro atoms. The number of nitrogens with one attached hydrogen (secondary N) is 1. The van der Waals surface area contributed by atoms with Gasteiger partial charge in [0.1, 0.15) is 4.88 Å². The number of thiophene rings is 1. The number of anilines is 1. The molecule has 4 rings (SSSR count). The number of aromatic nitrogens is 2. The second-order valence-corrected chi connectivity index (χ2v) is 8.44. The largest absolute Gasteiger partial charge is 0.462 e. The maximum absolute atomic E-state index is 12.7. The molecule has 0 bridgehead atoms. The number of aryl methyl sites for hydroxylation is 1. The highest BCUT2D eigenvalue weighted by Gasteiger charge is 2.22. The maximum atomic E-state index is 12.7. The van der Waals surface area contributed by atoms with Crippen molar-refractivity contribution in [2.24, 2.45) is 7.05 Å². The zero-order chi connectivity index (χ0) is 24.9. The quantitative estimate of drug-likeness (QED) is 0.392. The van der Waals surface area contributed by atoms with Crippen LogP contribution in [-0.4, -0.2) is 40.8 Å². The van der Waals surface area contributed by atoms with E-state index >= 15 is 0 Å². The smallest absolute Gasteiger partial charge is 0.359 e. The second-order valence-electron chi connectivity index (χ2n) is 7.39. The van der Waals surface area contributed by atoms with Gasteiger partial charge in [-0.3, -0.25) is 9.59 Å². The summed E-state index contributed by atoms with van der Waals surface area (Å²) in [5.41, 5.74) is 0.708. The number of amides is 1. The lowest BCUT2D eigenvalue weighted by atomic mass is 10.1. The summed E-state index contributed by atoms with van der Waals surface area (Å²) in [5.74, 6) is -2.06. The lowest BCUT2D eigenvalue weighted by Crippen LogP contribution is -2.26. The third-order valence-corrected chi connectivity index (χ3v) is 6.17. The molecule has 2 aromatic carbocycles. The molecule has 0 fully saturated rings. The predicted molar refractivity (Wildman–Crippen MR) is 132 cm³/mol. The Labute approximate surface area is 203 Å². The summed E-state index contributed by atoms with van der Waals surface area (Å²) in [7, 11) is 1.43. The molecule has 0 saturated carbocycles. The first-order chi connectivity index (χ1) is 16.9. The molecule has 0 saturated heterocycles. The number of benzene rings is 2. The van der Waals surface area contributed by atoms with Crippen molar-refractivity contribution in [1.82, 2.24) is 9.78 Å². The highest BCUT2D eigenvalue weighted by molar-refractivity contribution is 7.18. The van der Waals surface area contributed by atoms with Gasteiger partial charge in [0.2, 0.25) is 0 Å². The van der Waals surface area contributed by atoms with Crippen LogP contribution in [0.1, 0.15) is 27.1 Å². The van der Waals surface area contributed by atoms with Gasteiger partial charge in [0, 0.05) is 17.3 Å². The summed E-state index contributed by atoms with van der Waals surface area (Å²) in [4.78, 5) is 51.0. The minimum atomic E-state index is -0.854. The van der Waals surface area contributed by atoms with Crippen LogP contribution in [0, 0.1) is 0 Å². The van der Waals surface area contributed by atoms with Crippen LogP contribution in [0.4, 0.5) is 5.69 Å². The van der Waals surface area contributed by atoms with E-state index in [4.69, 9.17) is 9.47 Å². The topological polar surface area (TPSA) is 117 Å². The Morgan fingerprint density at radius 2 is 1.66 bits per heavy atom. The molecule has 1 amide bonds. The van der Waals surface area contributed by atoms with E-state index in [0.29, 0.717) is 10.8 Å². The van der Waals surface area contributed by atoms with Crippen LogP contribution >= 0.6 is 11.3 Å². The number of esters is 2. The molecule has 0 aliphatic rings. The summed E-state index contributed by atoms with van der Waals surface area (Å²) in [5, 5.41) is 7.26. The van der Waals surface area contributed by atoms with E-state index in [1.165, 1.54) is 18.4 Å². The summed E-state index contributed by atoms with van der Waals surface area (Å²) in [6.07, 6.45) is 0. The molecular weight excluding hydrogens is 470 g/mol. The molecule has 35 heavy (non-hydrogen) atoms. The molecule has 2 heterocycles. The van der Waals surface area contributed by atoms with Crippen molar-refractivity contribution in [3.8, 4) is 10.4 Å². The number of carbonyl (C=O) groups is 3. The van der Waals surface area contributed by atoms with E-state index in [1.54, 1.807) is 37.3 Å².